The van der Waals surface area contributed by atoms with Crippen molar-refractivity contribution >= 4 is 23.6 Å². The average molecular weight is 313 g/mol. The molecule has 7 heteroatoms. The maximum absolute atomic E-state index is 11.9. The fraction of sp³-hybridized carbons (Fsp3) is 0.429. The average Bonchev–Trinajstić information content (AvgIpc) is 2.40. The van der Waals surface area contributed by atoms with Gasteiger partial charge in [-0.25, -0.2) is 9.59 Å². The van der Waals surface area contributed by atoms with Crippen molar-refractivity contribution in [1.29, 1.82) is 0 Å². The van der Waals surface area contributed by atoms with Gasteiger partial charge in [0.05, 0.1) is 6.10 Å². The molecule has 0 spiro atoms. The minimum absolute atomic E-state index is 0.00985. The summed E-state index contributed by atoms with van der Waals surface area (Å²) in [6.07, 6.45) is 1.62. The molecule has 1 fully saturated rings. The van der Waals surface area contributed by atoms with Gasteiger partial charge in [-0.2, -0.15) is 0 Å². The zero-order valence-electron chi connectivity index (χ0n) is 11.5. The molecule has 0 saturated heterocycles. The van der Waals surface area contributed by atoms with Crippen LogP contribution < -0.4 is 10.6 Å². The van der Waals surface area contributed by atoms with Gasteiger partial charge in [-0.3, -0.25) is 0 Å². The number of carbonyl (C=O) groups excluding carboxylic acids is 1. The van der Waals surface area contributed by atoms with E-state index in [4.69, 9.17) is 16.3 Å². The van der Waals surface area contributed by atoms with E-state index < -0.39 is 18.0 Å². The summed E-state index contributed by atoms with van der Waals surface area (Å²) in [7, 11) is 1.62. The lowest BCUT2D eigenvalue weighted by Crippen LogP contribution is -2.51. The van der Waals surface area contributed by atoms with E-state index in [1.807, 2.05) is 0 Å². The van der Waals surface area contributed by atoms with Gasteiger partial charge in [-0.1, -0.05) is 29.8 Å². The Hall–Kier alpha value is -1.79. The summed E-state index contributed by atoms with van der Waals surface area (Å²) < 4.78 is 5.12. The molecule has 0 aliphatic heterocycles. The number of halogens is 1. The van der Waals surface area contributed by atoms with Crippen molar-refractivity contribution in [2.75, 3.05) is 7.11 Å². The predicted molar refractivity (Wildman–Crippen MR) is 77.3 cm³/mol. The van der Waals surface area contributed by atoms with Crippen LogP contribution in [-0.2, 0) is 9.53 Å². The quantitative estimate of drug-likeness (QED) is 0.775. The molecule has 0 radical (unpaired) electrons. The predicted octanol–water partition coefficient (Wildman–Crippen LogP) is 1.94. The number of carboxylic acids is 1. The maximum Gasteiger partial charge on any atom is 0.331 e. The summed E-state index contributed by atoms with van der Waals surface area (Å²) in [6, 6.07) is 4.83. The van der Waals surface area contributed by atoms with Crippen LogP contribution in [0.3, 0.4) is 0 Å². The van der Waals surface area contributed by atoms with E-state index in [0.717, 1.165) is 12.8 Å². The van der Waals surface area contributed by atoms with Gasteiger partial charge in [-0.15, -0.1) is 0 Å². The molecule has 2 rings (SSSR count). The molecular formula is C14H17ClN2O4. The Morgan fingerprint density at radius 1 is 1.38 bits per heavy atom. The number of ether oxygens (including phenoxy) is 1. The van der Waals surface area contributed by atoms with Crippen LogP contribution >= 0.6 is 11.6 Å². The third-order valence-corrected chi connectivity index (χ3v) is 3.85. The Morgan fingerprint density at radius 3 is 2.62 bits per heavy atom. The summed E-state index contributed by atoms with van der Waals surface area (Å²) in [6.45, 7) is 0. The molecule has 1 aromatic rings. The number of aliphatic carboxylic acids is 1. The summed E-state index contributed by atoms with van der Waals surface area (Å²) in [4.78, 5) is 23.2. The first-order valence-corrected chi connectivity index (χ1v) is 6.96. The minimum Gasteiger partial charge on any atom is -0.479 e. The Morgan fingerprint density at radius 2 is 2.05 bits per heavy atom. The van der Waals surface area contributed by atoms with E-state index in [9.17, 15) is 14.7 Å². The first-order chi connectivity index (χ1) is 10.0. The highest BCUT2D eigenvalue weighted by Crippen LogP contribution is 2.24. The van der Waals surface area contributed by atoms with Crippen molar-refractivity contribution in [2.24, 2.45) is 0 Å². The van der Waals surface area contributed by atoms with Gasteiger partial charge < -0.3 is 20.5 Å². The monoisotopic (exact) mass is 312 g/mol. The van der Waals surface area contributed by atoms with E-state index in [-0.39, 0.29) is 12.1 Å². The summed E-state index contributed by atoms with van der Waals surface area (Å²) in [5.74, 6) is -1.17. The number of rotatable bonds is 5. The van der Waals surface area contributed by atoms with Gasteiger partial charge in [0, 0.05) is 23.7 Å². The van der Waals surface area contributed by atoms with Crippen molar-refractivity contribution in [3.63, 3.8) is 0 Å². The van der Waals surface area contributed by atoms with Crippen LogP contribution in [0.15, 0.2) is 24.3 Å². The molecule has 0 unspecified atom stereocenters. The van der Waals surface area contributed by atoms with E-state index in [1.165, 1.54) is 0 Å². The zero-order valence-corrected chi connectivity index (χ0v) is 12.3. The first-order valence-electron chi connectivity index (χ1n) is 6.58. The molecule has 1 aromatic carbocycles. The highest BCUT2D eigenvalue weighted by atomic mass is 35.5. The second kappa shape index (κ2) is 6.78. The molecule has 2 amide bonds. The van der Waals surface area contributed by atoms with E-state index in [2.05, 4.69) is 10.6 Å². The lowest BCUT2D eigenvalue weighted by atomic mass is 9.89. The molecule has 0 aromatic heterocycles. The van der Waals surface area contributed by atoms with Gasteiger partial charge in [-0.05, 0) is 18.9 Å². The molecule has 6 nitrogen and oxygen atoms in total. The third kappa shape index (κ3) is 3.86. The molecule has 1 atom stereocenters. The second-order valence-electron chi connectivity index (χ2n) is 4.94. The standard InChI is InChI=1S/C14H17ClN2O4/c1-21-9-6-8(7-9)16-14(20)17-12(13(18)19)10-4-2-3-5-11(10)15/h2-5,8-9,12H,6-7H2,1H3,(H,18,19)(H2,16,17,20)/t8?,9?,12-/m1/s1. The minimum atomic E-state index is -1.18. The molecule has 0 heterocycles. The van der Waals surface area contributed by atoms with Crippen LogP contribution in [-0.4, -0.2) is 36.4 Å². The summed E-state index contributed by atoms with van der Waals surface area (Å²) in [5, 5.41) is 14.7. The van der Waals surface area contributed by atoms with Crippen molar-refractivity contribution < 1.29 is 19.4 Å². The largest absolute Gasteiger partial charge is 0.479 e. The van der Waals surface area contributed by atoms with Crippen LogP contribution in [0.2, 0.25) is 5.02 Å². The highest BCUT2D eigenvalue weighted by molar-refractivity contribution is 6.31. The van der Waals surface area contributed by atoms with Crippen molar-refractivity contribution in [3.05, 3.63) is 34.9 Å². The molecular weight excluding hydrogens is 296 g/mol. The summed E-state index contributed by atoms with van der Waals surface area (Å²) in [5.41, 5.74) is 0.352. The number of benzene rings is 1. The number of urea groups is 1. The molecule has 1 saturated carbocycles. The first kappa shape index (κ1) is 15.6. The van der Waals surface area contributed by atoms with Crippen LogP contribution in [0.4, 0.5) is 4.79 Å². The van der Waals surface area contributed by atoms with Gasteiger partial charge in [0.15, 0.2) is 6.04 Å². The number of carbonyl (C=O) groups is 2. The van der Waals surface area contributed by atoms with Crippen molar-refractivity contribution in [2.45, 2.75) is 31.0 Å². The van der Waals surface area contributed by atoms with E-state index in [0.29, 0.717) is 10.6 Å². The number of methoxy groups -OCH3 is 1. The van der Waals surface area contributed by atoms with Crippen LogP contribution in [0.1, 0.15) is 24.4 Å². The number of nitrogens with one attached hydrogen (secondary N) is 2. The number of amides is 2. The Labute approximate surface area is 127 Å². The molecule has 114 valence electrons. The molecule has 3 N–H and O–H groups in total. The van der Waals surface area contributed by atoms with Crippen molar-refractivity contribution in [3.8, 4) is 0 Å². The van der Waals surface area contributed by atoms with Gasteiger partial charge in [0.2, 0.25) is 0 Å². The van der Waals surface area contributed by atoms with Crippen molar-refractivity contribution in [1.82, 2.24) is 10.6 Å². The normalized spacial score (nSPS) is 22.0. The van der Waals surface area contributed by atoms with Gasteiger partial charge >= 0.3 is 12.0 Å². The number of hydrogen-bond donors (Lipinski definition) is 3. The zero-order chi connectivity index (χ0) is 15.4. The second-order valence-corrected chi connectivity index (χ2v) is 5.34. The Bertz CT molecular complexity index is 531. The third-order valence-electron chi connectivity index (χ3n) is 3.50. The SMILES string of the molecule is COC1CC(NC(=O)N[C@@H](C(=O)O)c2ccccc2Cl)C1. The van der Waals surface area contributed by atoms with Crippen LogP contribution in [0, 0.1) is 0 Å². The fourth-order valence-electron chi connectivity index (χ4n) is 2.22. The fourth-order valence-corrected chi connectivity index (χ4v) is 2.46. The maximum atomic E-state index is 11.9. The summed E-state index contributed by atoms with van der Waals surface area (Å²) >= 11 is 5.98. The molecule has 0 bridgehead atoms. The lowest BCUT2D eigenvalue weighted by Gasteiger charge is -2.34. The van der Waals surface area contributed by atoms with Crippen LogP contribution in [0.5, 0.6) is 0 Å². The van der Waals surface area contributed by atoms with Gasteiger partial charge in [0.1, 0.15) is 0 Å². The van der Waals surface area contributed by atoms with Crippen LogP contribution in [0.25, 0.3) is 0 Å². The lowest BCUT2D eigenvalue weighted by molar-refractivity contribution is -0.139. The Balaban J connectivity index is 1.96. The molecule has 1 aliphatic rings. The smallest absolute Gasteiger partial charge is 0.331 e. The van der Waals surface area contributed by atoms with E-state index >= 15 is 0 Å². The topological polar surface area (TPSA) is 87.7 Å². The highest BCUT2D eigenvalue weighted by Gasteiger charge is 2.31. The molecule has 1 aliphatic carbocycles. The van der Waals surface area contributed by atoms with Gasteiger partial charge in [0.25, 0.3) is 0 Å². The number of carboxylic acid groups (broad SMARTS) is 1. The van der Waals surface area contributed by atoms with E-state index in [1.54, 1.807) is 31.4 Å². The Kier molecular flexibility index (Phi) is 5.03. The molecule has 21 heavy (non-hydrogen) atoms. The number of hydrogen-bond acceptors (Lipinski definition) is 3.